The Morgan fingerprint density at radius 3 is 2.35 bits per heavy atom. The van der Waals surface area contributed by atoms with E-state index in [1.165, 1.54) is 27.8 Å². The summed E-state index contributed by atoms with van der Waals surface area (Å²) in [5.74, 6) is 0. The number of halogens is 1. The van der Waals surface area contributed by atoms with Crippen LogP contribution in [0.3, 0.4) is 0 Å². The van der Waals surface area contributed by atoms with Gasteiger partial charge < -0.3 is 5.73 Å². The first kappa shape index (κ1) is 13.8. The molecule has 2 N–H and O–H groups in total. The van der Waals surface area contributed by atoms with E-state index in [0.717, 1.165) is 0 Å². The number of benzene rings is 2. The minimum Gasteiger partial charge on any atom is -0.326 e. The van der Waals surface area contributed by atoms with Crippen LogP contribution in [0.1, 0.15) is 16.7 Å². The molecule has 0 fully saturated rings. The summed E-state index contributed by atoms with van der Waals surface area (Å²) in [6, 6.07) is 14.9. The second-order valence-electron chi connectivity index (χ2n) is 4.16. The SMILES string of the molecule is Cc1cccc(-c2cccc(CN)c2C)c1.Cl. The van der Waals surface area contributed by atoms with Crippen LogP contribution < -0.4 is 5.73 Å². The van der Waals surface area contributed by atoms with Crippen LogP contribution in [0.4, 0.5) is 0 Å². The summed E-state index contributed by atoms with van der Waals surface area (Å²) in [6.45, 7) is 4.86. The topological polar surface area (TPSA) is 26.0 Å². The van der Waals surface area contributed by atoms with Gasteiger partial charge in [0.2, 0.25) is 0 Å². The lowest BCUT2D eigenvalue weighted by Gasteiger charge is -2.10. The van der Waals surface area contributed by atoms with E-state index >= 15 is 0 Å². The van der Waals surface area contributed by atoms with Crippen LogP contribution in [0.2, 0.25) is 0 Å². The van der Waals surface area contributed by atoms with Crippen molar-refractivity contribution in [1.82, 2.24) is 0 Å². The maximum absolute atomic E-state index is 5.73. The molecule has 0 unspecified atom stereocenters. The Balaban J connectivity index is 0.00000144. The van der Waals surface area contributed by atoms with Crippen molar-refractivity contribution in [2.24, 2.45) is 5.73 Å². The van der Waals surface area contributed by atoms with Crippen molar-refractivity contribution in [3.8, 4) is 11.1 Å². The molecule has 90 valence electrons. The molecule has 0 heterocycles. The molecule has 0 aliphatic rings. The van der Waals surface area contributed by atoms with Gasteiger partial charge in [-0.2, -0.15) is 0 Å². The van der Waals surface area contributed by atoms with Crippen LogP contribution in [0, 0.1) is 13.8 Å². The van der Waals surface area contributed by atoms with E-state index in [2.05, 4.69) is 56.3 Å². The molecule has 1 nitrogen and oxygen atoms in total. The van der Waals surface area contributed by atoms with Crippen molar-refractivity contribution < 1.29 is 0 Å². The second-order valence-corrected chi connectivity index (χ2v) is 4.16. The Hall–Kier alpha value is -1.31. The fourth-order valence-corrected chi connectivity index (χ4v) is 2.03. The van der Waals surface area contributed by atoms with Crippen molar-refractivity contribution in [3.05, 3.63) is 59.2 Å². The third kappa shape index (κ3) is 2.87. The van der Waals surface area contributed by atoms with Crippen molar-refractivity contribution in [3.63, 3.8) is 0 Å². The summed E-state index contributed by atoms with van der Waals surface area (Å²) >= 11 is 0. The third-order valence-corrected chi connectivity index (χ3v) is 2.99. The van der Waals surface area contributed by atoms with E-state index < -0.39 is 0 Å². The summed E-state index contributed by atoms with van der Waals surface area (Å²) in [6.07, 6.45) is 0. The van der Waals surface area contributed by atoms with Gasteiger partial charge in [0.1, 0.15) is 0 Å². The third-order valence-electron chi connectivity index (χ3n) is 2.99. The van der Waals surface area contributed by atoms with Crippen molar-refractivity contribution in [2.75, 3.05) is 0 Å². The minimum absolute atomic E-state index is 0. The molecular weight excluding hydrogens is 230 g/mol. The first-order chi connectivity index (χ1) is 7.72. The van der Waals surface area contributed by atoms with Crippen molar-refractivity contribution in [1.29, 1.82) is 0 Å². The molecule has 0 saturated carbocycles. The van der Waals surface area contributed by atoms with E-state index in [9.17, 15) is 0 Å². The molecule has 2 heteroatoms. The molecule has 2 aromatic rings. The maximum Gasteiger partial charge on any atom is 0.0180 e. The zero-order valence-corrected chi connectivity index (χ0v) is 11.1. The Morgan fingerprint density at radius 1 is 1.00 bits per heavy atom. The normalized spacial score (nSPS) is 9.82. The van der Waals surface area contributed by atoms with Gasteiger partial charge in [-0.05, 0) is 36.1 Å². The predicted octanol–water partition coefficient (Wildman–Crippen LogP) is 3.85. The standard InChI is InChI=1S/C15H17N.ClH/c1-11-5-3-6-13(9-11)15-8-4-7-14(10-16)12(15)2;/h3-9H,10,16H2,1-2H3;1H. The molecule has 0 atom stereocenters. The molecule has 0 radical (unpaired) electrons. The van der Waals surface area contributed by atoms with Crippen LogP contribution in [0.15, 0.2) is 42.5 Å². The van der Waals surface area contributed by atoms with Gasteiger partial charge in [0.05, 0.1) is 0 Å². The Bertz CT molecular complexity index is 506. The molecule has 0 aliphatic carbocycles. The van der Waals surface area contributed by atoms with Gasteiger partial charge in [-0.1, -0.05) is 48.0 Å². The van der Waals surface area contributed by atoms with E-state index in [4.69, 9.17) is 5.73 Å². The number of aryl methyl sites for hydroxylation is 1. The van der Waals surface area contributed by atoms with Gasteiger partial charge in [-0.25, -0.2) is 0 Å². The van der Waals surface area contributed by atoms with Crippen LogP contribution in [-0.4, -0.2) is 0 Å². The van der Waals surface area contributed by atoms with Gasteiger partial charge in [0.25, 0.3) is 0 Å². The highest BCUT2D eigenvalue weighted by atomic mass is 35.5. The molecule has 2 rings (SSSR count). The highest BCUT2D eigenvalue weighted by Gasteiger charge is 2.04. The van der Waals surface area contributed by atoms with Gasteiger partial charge in [-0.15, -0.1) is 12.4 Å². The molecule has 0 amide bonds. The highest BCUT2D eigenvalue weighted by Crippen LogP contribution is 2.26. The fraction of sp³-hybridized carbons (Fsp3) is 0.200. The molecule has 0 saturated heterocycles. The molecule has 0 spiro atoms. The molecule has 0 aliphatic heterocycles. The number of hydrogen-bond acceptors (Lipinski definition) is 1. The average molecular weight is 248 g/mol. The van der Waals surface area contributed by atoms with Gasteiger partial charge in [0, 0.05) is 6.54 Å². The number of hydrogen-bond donors (Lipinski definition) is 1. The van der Waals surface area contributed by atoms with E-state index in [1.54, 1.807) is 0 Å². The van der Waals surface area contributed by atoms with E-state index in [0.29, 0.717) is 6.54 Å². The van der Waals surface area contributed by atoms with Crippen LogP contribution in [0.25, 0.3) is 11.1 Å². The van der Waals surface area contributed by atoms with Crippen LogP contribution >= 0.6 is 12.4 Å². The van der Waals surface area contributed by atoms with Crippen LogP contribution in [0.5, 0.6) is 0 Å². The predicted molar refractivity (Wildman–Crippen MR) is 76.5 cm³/mol. The smallest absolute Gasteiger partial charge is 0.0180 e. The summed E-state index contributed by atoms with van der Waals surface area (Å²) in [5, 5.41) is 0. The number of rotatable bonds is 2. The maximum atomic E-state index is 5.73. The van der Waals surface area contributed by atoms with Gasteiger partial charge in [0.15, 0.2) is 0 Å². The summed E-state index contributed by atoms with van der Waals surface area (Å²) in [7, 11) is 0. The molecule has 0 bridgehead atoms. The average Bonchev–Trinajstić information content (AvgIpc) is 2.29. The van der Waals surface area contributed by atoms with Crippen molar-refractivity contribution >= 4 is 12.4 Å². The van der Waals surface area contributed by atoms with Gasteiger partial charge >= 0.3 is 0 Å². The fourth-order valence-electron chi connectivity index (χ4n) is 2.03. The Morgan fingerprint density at radius 2 is 1.71 bits per heavy atom. The molecule has 0 aromatic heterocycles. The van der Waals surface area contributed by atoms with E-state index in [-0.39, 0.29) is 12.4 Å². The first-order valence-corrected chi connectivity index (χ1v) is 5.58. The quantitative estimate of drug-likeness (QED) is 0.857. The van der Waals surface area contributed by atoms with Crippen LogP contribution in [-0.2, 0) is 6.54 Å². The minimum atomic E-state index is 0. The molecule has 17 heavy (non-hydrogen) atoms. The summed E-state index contributed by atoms with van der Waals surface area (Å²) in [5.41, 5.74) is 12.1. The largest absolute Gasteiger partial charge is 0.326 e. The summed E-state index contributed by atoms with van der Waals surface area (Å²) in [4.78, 5) is 0. The van der Waals surface area contributed by atoms with Crippen molar-refractivity contribution in [2.45, 2.75) is 20.4 Å². The van der Waals surface area contributed by atoms with E-state index in [1.807, 2.05) is 0 Å². The zero-order chi connectivity index (χ0) is 11.5. The Labute approximate surface area is 109 Å². The Kier molecular flexibility index (Phi) is 4.73. The number of nitrogens with two attached hydrogens (primary N) is 1. The lowest BCUT2D eigenvalue weighted by atomic mass is 9.95. The first-order valence-electron chi connectivity index (χ1n) is 5.58. The zero-order valence-electron chi connectivity index (χ0n) is 10.2. The van der Waals surface area contributed by atoms with Gasteiger partial charge in [-0.3, -0.25) is 0 Å². The molecular formula is C15H18ClN. The summed E-state index contributed by atoms with van der Waals surface area (Å²) < 4.78 is 0. The molecule has 2 aromatic carbocycles. The highest BCUT2D eigenvalue weighted by molar-refractivity contribution is 5.85. The second kappa shape index (κ2) is 5.85. The lowest BCUT2D eigenvalue weighted by Crippen LogP contribution is -2.00. The lowest BCUT2D eigenvalue weighted by molar-refractivity contribution is 1.05. The monoisotopic (exact) mass is 247 g/mol.